The number of rotatable bonds is 3. The summed E-state index contributed by atoms with van der Waals surface area (Å²) in [4.78, 5) is 11.2. The highest BCUT2D eigenvalue weighted by Gasteiger charge is 2.02. The first-order valence-electron chi connectivity index (χ1n) is 4.14. The Morgan fingerprint density at radius 3 is 2.79 bits per heavy atom. The smallest absolute Gasteiger partial charge is 0.319 e. The number of carbonyl (C=O) groups is 1. The maximum Gasteiger partial charge on any atom is 0.319 e. The topological polar surface area (TPSA) is 61.4 Å². The number of halogens is 1. The van der Waals surface area contributed by atoms with Crippen LogP contribution in [0.4, 0.5) is 10.5 Å². The second kappa shape index (κ2) is 5.62. The summed E-state index contributed by atoms with van der Waals surface area (Å²) in [5.74, 6) is 0. The lowest BCUT2D eigenvalue weighted by atomic mass is 10.3. The number of urea groups is 1. The highest BCUT2D eigenvalue weighted by Crippen LogP contribution is 2.20. The molecule has 1 aromatic carbocycles. The van der Waals surface area contributed by atoms with Gasteiger partial charge in [-0.3, -0.25) is 0 Å². The van der Waals surface area contributed by atoms with E-state index in [0.29, 0.717) is 5.69 Å². The van der Waals surface area contributed by atoms with E-state index in [9.17, 15) is 4.79 Å². The van der Waals surface area contributed by atoms with Gasteiger partial charge in [0, 0.05) is 11.0 Å². The number of aliphatic hydroxyl groups is 1. The second-order valence-corrected chi connectivity index (χ2v) is 3.44. The minimum absolute atomic E-state index is 0.0661. The predicted octanol–water partition coefficient (Wildman–Crippen LogP) is 1.56. The summed E-state index contributed by atoms with van der Waals surface area (Å²) < 4.78 is 0.819. The van der Waals surface area contributed by atoms with Gasteiger partial charge in [-0.1, -0.05) is 12.1 Å². The fourth-order valence-electron chi connectivity index (χ4n) is 0.899. The molecular formula is C9H11BrN2O2. The average molecular weight is 259 g/mol. The number of anilines is 1. The van der Waals surface area contributed by atoms with Gasteiger partial charge >= 0.3 is 6.03 Å². The van der Waals surface area contributed by atoms with Gasteiger partial charge in [0.1, 0.15) is 0 Å². The van der Waals surface area contributed by atoms with Crippen molar-refractivity contribution in [1.82, 2.24) is 5.32 Å². The molecule has 0 aliphatic rings. The molecule has 0 bridgehead atoms. The molecule has 0 aliphatic heterocycles. The zero-order chi connectivity index (χ0) is 10.4. The lowest BCUT2D eigenvalue weighted by Gasteiger charge is -2.07. The molecule has 0 fully saturated rings. The van der Waals surface area contributed by atoms with Crippen LogP contribution >= 0.6 is 15.9 Å². The van der Waals surface area contributed by atoms with Crippen molar-refractivity contribution in [2.75, 3.05) is 18.5 Å². The van der Waals surface area contributed by atoms with E-state index in [2.05, 4.69) is 26.6 Å². The Bertz CT molecular complexity index is 317. The van der Waals surface area contributed by atoms with Crippen molar-refractivity contribution in [3.05, 3.63) is 28.7 Å². The lowest BCUT2D eigenvalue weighted by Crippen LogP contribution is -2.31. The molecule has 0 saturated carbocycles. The number of hydrogen-bond acceptors (Lipinski definition) is 2. The molecule has 0 spiro atoms. The van der Waals surface area contributed by atoms with Crippen molar-refractivity contribution >= 4 is 27.6 Å². The number of aliphatic hydroxyl groups excluding tert-OH is 1. The van der Waals surface area contributed by atoms with Crippen LogP contribution in [0.5, 0.6) is 0 Å². The van der Waals surface area contributed by atoms with E-state index in [1.54, 1.807) is 6.07 Å². The summed E-state index contributed by atoms with van der Waals surface area (Å²) in [7, 11) is 0. The van der Waals surface area contributed by atoms with Gasteiger partial charge in [-0.15, -0.1) is 0 Å². The number of carbonyl (C=O) groups excluding carboxylic acids is 1. The highest BCUT2D eigenvalue weighted by atomic mass is 79.9. The fourth-order valence-corrected chi connectivity index (χ4v) is 1.28. The fraction of sp³-hybridized carbons (Fsp3) is 0.222. The largest absolute Gasteiger partial charge is 0.395 e. The molecule has 0 saturated heterocycles. The Morgan fingerprint density at radius 1 is 1.43 bits per heavy atom. The molecule has 0 heterocycles. The average Bonchev–Trinajstić information content (AvgIpc) is 2.18. The van der Waals surface area contributed by atoms with E-state index >= 15 is 0 Å². The second-order valence-electron chi connectivity index (χ2n) is 2.58. The molecule has 3 N–H and O–H groups in total. The van der Waals surface area contributed by atoms with Crippen molar-refractivity contribution in [1.29, 1.82) is 0 Å². The summed E-state index contributed by atoms with van der Waals surface area (Å²) >= 11 is 3.30. The first-order chi connectivity index (χ1) is 6.74. The SMILES string of the molecule is O=C(NCCO)Nc1ccccc1Br. The van der Waals surface area contributed by atoms with Gasteiger partial charge in [0.15, 0.2) is 0 Å². The number of hydrogen-bond donors (Lipinski definition) is 3. The van der Waals surface area contributed by atoms with Crippen molar-refractivity contribution in [3.63, 3.8) is 0 Å². The minimum atomic E-state index is -0.328. The quantitative estimate of drug-likeness (QED) is 0.771. The molecule has 0 radical (unpaired) electrons. The first-order valence-corrected chi connectivity index (χ1v) is 4.93. The van der Waals surface area contributed by atoms with Crippen LogP contribution in [-0.4, -0.2) is 24.3 Å². The van der Waals surface area contributed by atoms with Gasteiger partial charge in [0.05, 0.1) is 12.3 Å². The zero-order valence-corrected chi connectivity index (χ0v) is 9.04. The molecule has 0 aliphatic carbocycles. The predicted molar refractivity (Wildman–Crippen MR) is 58.2 cm³/mol. The van der Waals surface area contributed by atoms with E-state index in [0.717, 1.165) is 4.47 Å². The van der Waals surface area contributed by atoms with Gasteiger partial charge in [0.2, 0.25) is 0 Å². The van der Waals surface area contributed by atoms with E-state index in [-0.39, 0.29) is 19.2 Å². The van der Waals surface area contributed by atoms with Crippen molar-refractivity contribution in [2.24, 2.45) is 0 Å². The van der Waals surface area contributed by atoms with Gasteiger partial charge < -0.3 is 15.7 Å². The molecule has 14 heavy (non-hydrogen) atoms. The van der Waals surface area contributed by atoms with Gasteiger partial charge in [-0.25, -0.2) is 4.79 Å². The Kier molecular flexibility index (Phi) is 4.42. The van der Waals surface area contributed by atoms with E-state index in [4.69, 9.17) is 5.11 Å². The van der Waals surface area contributed by atoms with Crippen LogP contribution in [0.3, 0.4) is 0 Å². The van der Waals surface area contributed by atoms with Gasteiger partial charge in [-0.2, -0.15) is 0 Å². The molecule has 0 unspecified atom stereocenters. The summed E-state index contributed by atoms with van der Waals surface area (Å²) in [6.45, 7) is 0.180. The molecule has 0 aromatic heterocycles. The summed E-state index contributed by atoms with van der Waals surface area (Å²) in [6, 6.07) is 6.98. The van der Waals surface area contributed by atoms with Gasteiger partial charge in [-0.05, 0) is 28.1 Å². The molecule has 4 nitrogen and oxygen atoms in total. The maximum absolute atomic E-state index is 11.2. The van der Waals surface area contributed by atoms with Crippen LogP contribution in [0.15, 0.2) is 28.7 Å². The van der Waals surface area contributed by atoms with E-state index in [1.807, 2.05) is 18.2 Å². The number of para-hydroxylation sites is 1. The van der Waals surface area contributed by atoms with Crippen LogP contribution in [0.2, 0.25) is 0 Å². The minimum Gasteiger partial charge on any atom is -0.395 e. The number of amides is 2. The summed E-state index contributed by atoms with van der Waals surface area (Å²) in [5, 5.41) is 13.6. The molecule has 1 rings (SSSR count). The lowest BCUT2D eigenvalue weighted by molar-refractivity contribution is 0.245. The van der Waals surface area contributed by atoms with Crippen molar-refractivity contribution < 1.29 is 9.90 Å². The van der Waals surface area contributed by atoms with Crippen molar-refractivity contribution in [3.8, 4) is 0 Å². The van der Waals surface area contributed by atoms with E-state index < -0.39 is 0 Å². The maximum atomic E-state index is 11.2. The molecule has 5 heteroatoms. The molecule has 2 amide bonds. The third-order valence-corrected chi connectivity index (χ3v) is 2.21. The monoisotopic (exact) mass is 258 g/mol. The van der Waals surface area contributed by atoms with Crippen LogP contribution in [0.1, 0.15) is 0 Å². The third kappa shape index (κ3) is 3.35. The Labute approximate surface area is 90.4 Å². The summed E-state index contributed by atoms with van der Waals surface area (Å²) in [6.07, 6.45) is 0. The van der Waals surface area contributed by atoms with Crippen LogP contribution in [0.25, 0.3) is 0 Å². The molecule has 1 aromatic rings. The highest BCUT2D eigenvalue weighted by molar-refractivity contribution is 9.10. The van der Waals surface area contributed by atoms with Crippen LogP contribution in [0, 0.1) is 0 Å². The molecular weight excluding hydrogens is 248 g/mol. The Morgan fingerprint density at radius 2 is 2.14 bits per heavy atom. The van der Waals surface area contributed by atoms with Crippen molar-refractivity contribution in [2.45, 2.75) is 0 Å². The summed E-state index contributed by atoms with van der Waals surface area (Å²) in [5.41, 5.74) is 0.697. The third-order valence-electron chi connectivity index (χ3n) is 1.52. The van der Waals surface area contributed by atoms with E-state index in [1.165, 1.54) is 0 Å². The molecule has 76 valence electrons. The first kappa shape index (κ1) is 11.0. The normalized spacial score (nSPS) is 9.57. The van der Waals surface area contributed by atoms with Crippen LogP contribution in [-0.2, 0) is 0 Å². The Hall–Kier alpha value is -1.07. The van der Waals surface area contributed by atoms with Crippen LogP contribution < -0.4 is 10.6 Å². The van der Waals surface area contributed by atoms with Gasteiger partial charge in [0.25, 0.3) is 0 Å². The standard InChI is InChI=1S/C9H11BrN2O2/c10-7-3-1-2-4-8(7)12-9(14)11-5-6-13/h1-4,13H,5-6H2,(H2,11,12,14). The number of nitrogens with one attached hydrogen (secondary N) is 2. The zero-order valence-electron chi connectivity index (χ0n) is 7.46. The molecule has 0 atom stereocenters. The number of benzene rings is 1. The Balaban J connectivity index is 2.52.